The first kappa shape index (κ1) is 24.7. The first-order valence-corrected chi connectivity index (χ1v) is 12.9. The molecule has 3 heterocycles. The predicted octanol–water partition coefficient (Wildman–Crippen LogP) is 5.51. The van der Waals surface area contributed by atoms with E-state index >= 15 is 0 Å². The van der Waals surface area contributed by atoms with Crippen molar-refractivity contribution in [3.05, 3.63) is 101 Å². The lowest BCUT2D eigenvalue weighted by molar-refractivity contribution is -0.120. The van der Waals surface area contributed by atoms with Crippen LogP contribution in [0.1, 0.15) is 66.6 Å². The lowest BCUT2D eigenvalue weighted by atomic mass is 9.82. The maximum Gasteiger partial charge on any atom is 0.234 e. The molecule has 0 bridgehead atoms. The van der Waals surface area contributed by atoms with Gasteiger partial charge in [-0.2, -0.15) is 5.10 Å². The fourth-order valence-electron chi connectivity index (χ4n) is 4.94. The molecule has 1 aliphatic rings. The van der Waals surface area contributed by atoms with Crippen LogP contribution < -0.4 is 9.64 Å². The maximum absolute atomic E-state index is 14.1. The minimum Gasteiger partial charge on any atom is -0.495 e. The Bertz CT molecular complexity index is 1350. The Balaban J connectivity index is 1.41. The van der Waals surface area contributed by atoms with E-state index in [0.717, 1.165) is 53.2 Å². The van der Waals surface area contributed by atoms with E-state index in [1.807, 2.05) is 58.5 Å². The molecule has 0 saturated heterocycles. The van der Waals surface area contributed by atoms with Gasteiger partial charge in [0.15, 0.2) is 0 Å². The molecular weight excluding hydrogens is 462 g/mol. The SMILES string of the molecule is COc1ccc(Cn2cc(CN(C(=O)C3CCCc4ccccc43)c3ccc(C(C)C)nc3)cn2)nc1. The maximum atomic E-state index is 14.1. The quantitative estimate of drug-likeness (QED) is 0.322. The second-order valence-electron chi connectivity index (χ2n) is 9.90. The lowest BCUT2D eigenvalue weighted by Gasteiger charge is -2.31. The fourth-order valence-corrected chi connectivity index (χ4v) is 4.94. The number of hydrogen-bond acceptors (Lipinski definition) is 5. The average Bonchev–Trinajstić information content (AvgIpc) is 3.38. The molecule has 190 valence electrons. The Morgan fingerprint density at radius 3 is 2.68 bits per heavy atom. The molecule has 1 atom stereocenters. The van der Waals surface area contributed by atoms with Crippen LogP contribution in [0.4, 0.5) is 5.69 Å². The summed E-state index contributed by atoms with van der Waals surface area (Å²) in [6.45, 7) is 5.21. The summed E-state index contributed by atoms with van der Waals surface area (Å²) in [5.41, 5.74) is 6.09. The van der Waals surface area contributed by atoms with Crippen molar-refractivity contribution in [2.45, 2.75) is 58.0 Å². The topological polar surface area (TPSA) is 73.1 Å². The van der Waals surface area contributed by atoms with E-state index in [1.165, 1.54) is 5.56 Å². The van der Waals surface area contributed by atoms with E-state index in [4.69, 9.17) is 4.74 Å². The third-order valence-corrected chi connectivity index (χ3v) is 6.99. The van der Waals surface area contributed by atoms with Crippen molar-refractivity contribution >= 4 is 11.6 Å². The molecule has 1 amide bonds. The number of nitrogens with zero attached hydrogens (tertiary/aromatic N) is 5. The van der Waals surface area contributed by atoms with E-state index in [2.05, 4.69) is 47.1 Å². The van der Waals surface area contributed by atoms with Crippen molar-refractivity contribution in [3.8, 4) is 5.75 Å². The van der Waals surface area contributed by atoms with Crippen molar-refractivity contribution in [2.75, 3.05) is 12.0 Å². The van der Waals surface area contributed by atoms with Gasteiger partial charge in [-0.05, 0) is 60.6 Å². The lowest BCUT2D eigenvalue weighted by Crippen LogP contribution is -2.36. The van der Waals surface area contributed by atoms with E-state index in [-0.39, 0.29) is 11.8 Å². The largest absolute Gasteiger partial charge is 0.495 e. The van der Waals surface area contributed by atoms with Crippen molar-refractivity contribution in [2.24, 2.45) is 0 Å². The fraction of sp³-hybridized carbons (Fsp3) is 0.333. The third-order valence-electron chi connectivity index (χ3n) is 6.99. The second kappa shape index (κ2) is 10.9. The number of aryl methyl sites for hydroxylation is 1. The zero-order valence-corrected chi connectivity index (χ0v) is 21.7. The summed E-state index contributed by atoms with van der Waals surface area (Å²) in [7, 11) is 1.63. The summed E-state index contributed by atoms with van der Waals surface area (Å²) in [4.78, 5) is 25.1. The number of fused-ring (bicyclic) bond motifs is 1. The summed E-state index contributed by atoms with van der Waals surface area (Å²) in [5.74, 6) is 0.998. The number of carbonyl (C=O) groups is 1. The molecule has 4 aromatic rings. The van der Waals surface area contributed by atoms with Gasteiger partial charge in [0.05, 0.1) is 56.1 Å². The summed E-state index contributed by atoms with van der Waals surface area (Å²) >= 11 is 0. The zero-order chi connectivity index (χ0) is 25.8. The van der Waals surface area contributed by atoms with Crippen molar-refractivity contribution in [1.29, 1.82) is 0 Å². The van der Waals surface area contributed by atoms with Gasteiger partial charge in [0.1, 0.15) is 5.75 Å². The summed E-state index contributed by atoms with van der Waals surface area (Å²) in [5, 5.41) is 4.54. The number of benzene rings is 1. The third kappa shape index (κ3) is 5.56. The Labute approximate surface area is 218 Å². The van der Waals surface area contributed by atoms with Crippen molar-refractivity contribution in [3.63, 3.8) is 0 Å². The molecule has 7 heteroatoms. The molecule has 0 saturated carbocycles. The van der Waals surface area contributed by atoms with Gasteiger partial charge in [0.2, 0.25) is 5.91 Å². The Hall–Kier alpha value is -4.00. The normalized spacial score (nSPS) is 14.9. The molecule has 7 nitrogen and oxygen atoms in total. The standard InChI is InChI=1S/C30H33N5O2/c1-21(2)29-14-12-25(16-32-29)35(30(36)28-10-6-8-23-7-4-5-9-27(23)28)19-22-15-33-34(18-22)20-24-11-13-26(37-3)17-31-24/h4-5,7,9,11-18,21,28H,6,8,10,19-20H2,1-3H3. The molecule has 0 spiro atoms. The Morgan fingerprint density at radius 1 is 1.08 bits per heavy atom. The van der Waals surface area contributed by atoms with E-state index in [1.54, 1.807) is 13.3 Å². The van der Waals surface area contributed by atoms with Crippen LogP contribution in [0.5, 0.6) is 5.75 Å². The second-order valence-corrected chi connectivity index (χ2v) is 9.90. The Kier molecular flexibility index (Phi) is 7.30. The van der Waals surface area contributed by atoms with Gasteiger partial charge in [-0.25, -0.2) is 0 Å². The van der Waals surface area contributed by atoms with Crippen LogP contribution in [0.15, 0.2) is 73.3 Å². The molecular formula is C30H33N5O2. The van der Waals surface area contributed by atoms with Gasteiger partial charge in [-0.15, -0.1) is 0 Å². The van der Waals surface area contributed by atoms with Gasteiger partial charge in [0, 0.05) is 17.5 Å². The minimum absolute atomic E-state index is 0.107. The molecule has 0 radical (unpaired) electrons. The first-order chi connectivity index (χ1) is 18.0. The molecule has 0 fully saturated rings. The van der Waals surface area contributed by atoms with Crippen molar-refractivity contribution < 1.29 is 9.53 Å². The highest BCUT2D eigenvalue weighted by molar-refractivity contribution is 5.98. The van der Waals surface area contributed by atoms with Crippen LogP contribution in [0, 0.1) is 0 Å². The van der Waals surface area contributed by atoms with Crippen LogP contribution in [0.3, 0.4) is 0 Å². The van der Waals surface area contributed by atoms with Crippen molar-refractivity contribution in [1.82, 2.24) is 19.7 Å². The minimum atomic E-state index is -0.159. The molecule has 37 heavy (non-hydrogen) atoms. The van der Waals surface area contributed by atoms with Crippen LogP contribution in [0.2, 0.25) is 0 Å². The van der Waals surface area contributed by atoms with Gasteiger partial charge >= 0.3 is 0 Å². The number of aromatic nitrogens is 4. The number of anilines is 1. The highest BCUT2D eigenvalue weighted by Gasteiger charge is 2.31. The van der Waals surface area contributed by atoms with E-state index in [0.29, 0.717) is 19.0 Å². The summed E-state index contributed by atoms with van der Waals surface area (Å²) in [6.07, 6.45) is 10.2. The highest BCUT2D eigenvalue weighted by Crippen LogP contribution is 2.34. The number of carbonyl (C=O) groups excluding carboxylic acids is 1. The van der Waals surface area contributed by atoms with Gasteiger partial charge in [0.25, 0.3) is 0 Å². The number of pyridine rings is 2. The molecule has 0 N–H and O–H groups in total. The number of rotatable bonds is 8. The monoisotopic (exact) mass is 495 g/mol. The number of hydrogen-bond donors (Lipinski definition) is 0. The van der Waals surface area contributed by atoms with Gasteiger partial charge in [-0.1, -0.05) is 38.1 Å². The van der Waals surface area contributed by atoms with Gasteiger partial charge in [-0.3, -0.25) is 19.4 Å². The molecule has 1 aliphatic carbocycles. The molecule has 3 aromatic heterocycles. The molecule has 1 unspecified atom stereocenters. The number of amides is 1. The van der Waals surface area contributed by atoms with E-state index < -0.39 is 0 Å². The zero-order valence-electron chi connectivity index (χ0n) is 21.7. The van der Waals surface area contributed by atoms with Crippen LogP contribution in [-0.4, -0.2) is 32.8 Å². The summed E-state index contributed by atoms with van der Waals surface area (Å²) < 4.78 is 7.05. The van der Waals surface area contributed by atoms with Crippen LogP contribution in [0.25, 0.3) is 0 Å². The number of methoxy groups -OCH3 is 1. The van der Waals surface area contributed by atoms with Crippen LogP contribution in [-0.2, 0) is 24.3 Å². The molecule has 0 aliphatic heterocycles. The predicted molar refractivity (Wildman–Crippen MR) is 144 cm³/mol. The summed E-state index contributed by atoms with van der Waals surface area (Å²) in [6, 6.07) is 16.2. The average molecular weight is 496 g/mol. The Morgan fingerprint density at radius 2 is 1.95 bits per heavy atom. The molecule has 5 rings (SSSR count). The number of ether oxygens (including phenoxy) is 1. The van der Waals surface area contributed by atoms with Gasteiger partial charge < -0.3 is 9.64 Å². The van der Waals surface area contributed by atoms with E-state index in [9.17, 15) is 4.79 Å². The molecule has 1 aromatic carbocycles. The smallest absolute Gasteiger partial charge is 0.234 e. The highest BCUT2D eigenvalue weighted by atomic mass is 16.5. The first-order valence-electron chi connectivity index (χ1n) is 12.9. The van der Waals surface area contributed by atoms with Crippen LogP contribution >= 0.6 is 0 Å².